The summed E-state index contributed by atoms with van der Waals surface area (Å²) in [6.07, 6.45) is 0. The standard InChI is InChI=1S/C13H9BrClNO4/c14-7-5-10-11(19-4-3-18-10)6-8(7)16-13(17)9-1-2-12(15)20-9/h1-2,5-6H,3-4H2,(H,16,17). The Morgan fingerprint density at radius 2 is 1.90 bits per heavy atom. The van der Waals surface area contributed by atoms with Gasteiger partial charge in [0.05, 0.1) is 5.69 Å². The van der Waals surface area contributed by atoms with Crippen LogP contribution in [0.25, 0.3) is 0 Å². The van der Waals surface area contributed by atoms with Gasteiger partial charge in [0.1, 0.15) is 13.2 Å². The van der Waals surface area contributed by atoms with Crippen molar-refractivity contribution in [2.24, 2.45) is 0 Å². The molecule has 0 saturated heterocycles. The lowest BCUT2D eigenvalue weighted by atomic mass is 10.2. The molecule has 1 aromatic carbocycles. The molecule has 0 spiro atoms. The molecule has 3 rings (SSSR count). The maximum absolute atomic E-state index is 12.0. The highest BCUT2D eigenvalue weighted by Gasteiger charge is 2.17. The van der Waals surface area contributed by atoms with Gasteiger partial charge in [0, 0.05) is 16.6 Å². The SMILES string of the molecule is O=C(Nc1cc2c(cc1Br)OCCO2)c1ccc(Cl)o1. The van der Waals surface area contributed by atoms with Gasteiger partial charge in [0.25, 0.3) is 5.91 Å². The number of ether oxygens (including phenoxy) is 2. The summed E-state index contributed by atoms with van der Waals surface area (Å²) in [6.45, 7) is 0.992. The zero-order valence-corrected chi connectivity index (χ0v) is 12.5. The van der Waals surface area contributed by atoms with E-state index in [1.54, 1.807) is 12.1 Å². The first-order valence-electron chi connectivity index (χ1n) is 5.79. The lowest BCUT2D eigenvalue weighted by Gasteiger charge is -2.19. The normalized spacial score (nSPS) is 13.1. The maximum atomic E-state index is 12.0. The number of nitrogens with one attached hydrogen (secondary N) is 1. The molecule has 104 valence electrons. The highest BCUT2D eigenvalue weighted by Crippen LogP contribution is 2.38. The summed E-state index contributed by atoms with van der Waals surface area (Å²) in [5.41, 5.74) is 0.562. The van der Waals surface area contributed by atoms with E-state index in [4.69, 9.17) is 25.5 Å². The lowest BCUT2D eigenvalue weighted by molar-refractivity contribution is 0.0996. The number of furan rings is 1. The van der Waals surface area contributed by atoms with Crippen LogP contribution in [0.2, 0.25) is 5.22 Å². The molecule has 0 bridgehead atoms. The third-order valence-electron chi connectivity index (χ3n) is 2.68. The van der Waals surface area contributed by atoms with E-state index >= 15 is 0 Å². The van der Waals surface area contributed by atoms with Crippen LogP contribution in [0, 0.1) is 0 Å². The Morgan fingerprint density at radius 1 is 1.20 bits per heavy atom. The summed E-state index contributed by atoms with van der Waals surface area (Å²) >= 11 is 9.02. The number of carbonyl (C=O) groups is 1. The number of fused-ring (bicyclic) bond motifs is 1. The van der Waals surface area contributed by atoms with E-state index in [9.17, 15) is 4.79 Å². The van der Waals surface area contributed by atoms with Gasteiger partial charge in [-0.2, -0.15) is 0 Å². The third-order valence-corrected chi connectivity index (χ3v) is 3.54. The van der Waals surface area contributed by atoms with Gasteiger partial charge >= 0.3 is 0 Å². The minimum Gasteiger partial charge on any atom is -0.486 e. The fourth-order valence-corrected chi connectivity index (χ4v) is 2.35. The van der Waals surface area contributed by atoms with Crippen molar-refractivity contribution in [1.29, 1.82) is 0 Å². The molecule has 2 heterocycles. The summed E-state index contributed by atoms with van der Waals surface area (Å²) in [7, 11) is 0. The summed E-state index contributed by atoms with van der Waals surface area (Å²) in [6, 6.07) is 6.46. The van der Waals surface area contributed by atoms with Crippen molar-refractivity contribution in [2.45, 2.75) is 0 Å². The number of benzene rings is 1. The van der Waals surface area contributed by atoms with Crippen molar-refractivity contribution in [3.05, 3.63) is 39.7 Å². The van der Waals surface area contributed by atoms with E-state index in [0.29, 0.717) is 34.9 Å². The maximum Gasteiger partial charge on any atom is 0.291 e. The highest BCUT2D eigenvalue weighted by atomic mass is 79.9. The molecule has 0 saturated carbocycles. The van der Waals surface area contributed by atoms with Gasteiger partial charge in [-0.3, -0.25) is 4.79 Å². The van der Waals surface area contributed by atoms with Crippen LogP contribution in [-0.4, -0.2) is 19.1 Å². The molecule has 0 unspecified atom stereocenters. The van der Waals surface area contributed by atoms with Crippen LogP contribution < -0.4 is 14.8 Å². The molecule has 2 aromatic rings. The van der Waals surface area contributed by atoms with E-state index in [0.717, 1.165) is 0 Å². The molecule has 7 heteroatoms. The van der Waals surface area contributed by atoms with Crippen LogP contribution in [-0.2, 0) is 0 Å². The van der Waals surface area contributed by atoms with Crippen LogP contribution in [0.1, 0.15) is 10.6 Å². The van der Waals surface area contributed by atoms with Crippen molar-refractivity contribution in [3.8, 4) is 11.5 Å². The second-order valence-corrected chi connectivity index (χ2v) is 5.26. The number of hydrogen-bond donors (Lipinski definition) is 1. The second kappa shape index (κ2) is 5.38. The third kappa shape index (κ3) is 2.62. The van der Waals surface area contributed by atoms with Crippen LogP contribution in [0.3, 0.4) is 0 Å². The van der Waals surface area contributed by atoms with Crippen molar-refractivity contribution < 1.29 is 18.7 Å². The number of amides is 1. The fraction of sp³-hybridized carbons (Fsp3) is 0.154. The molecule has 0 fully saturated rings. The number of anilines is 1. The Kier molecular flexibility index (Phi) is 3.58. The fourth-order valence-electron chi connectivity index (χ4n) is 1.78. The number of hydrogen-bond acceptors (Lipinski definition) is 4. The van der Waals surface area contributed by atoms with Gasteiger partial charge in [-0.25, -0.2) is 0 Å². The smallest absolute Gasteiger partial charge is 0.291 e. The lowest BCUT2D eigenvalue weighted by Crippen LogP contribution is -2.16. The quantitative estimate of drug-likeness (QED) is 0.889. The molecule has 5 nitrogen and oxygen atoms in total. The molecule has 20 heavy (non-hydrogen) atoms. The van der Waals surface area contributed by atoms with Gasteiger partial charge in [0.2, 0.25) is 0 Å². The highest BCUT2D eigenvalue weighted by molar-refractivity contribution is 9.10. The largest absolute Gasteiger partial charge is 0.486 e. The van der Waals surface area contributed by atoms with Crippen LogP contribution in [0.5, 0.6) is 11.5 Å². The van der Waals surface area contributed by atoms with Crippen molar-refractivity contribution in [3.63, 3.8) is 0 Å². The Morgan fingerprint density at radius 3 is 2.55 bits per heavy atom. The molecule has 0 atom stereocenters. The minimum absolute atomic E-state index is 0.136. The summed E-state index contributed by atoms with van der Waals surface area (Å²) in [5.74, 6) is 0.973. The Labute approximate surface area is 127 Å². The topological polar surface area (TPSA) is 60.7 Å². The summed E-state index contributed by atoms with van der Waals surface area (Å²) in [5, 5.41) is 2.88. The molecule has 1 amide bonds. The van der Waals surface area contributed by atoms with E-state index < -0.39 is 5.91 Å². The zero-order valence-electron chi connectivity index (χ0n) is 10.1. The monoisotopic (exact) mass is 357 g/mol. The van der Waals surface area contributed by atoms with Crippen molar-refractivity contribution in [2.75, 3.05) is 18.5 Å². The summed E-state index contributed by atoms with van der Waals surface area (Å²) < 4.78 is 16.7. The van der Waals surface area contributed by atoms with E-state index in [1.165, 1.54) is 12.1 Å². The predicted molar refractivity (Wildman–Crippen MR) is 76.8 cm³/mol. The van der Waals surface area contributed by atoms with Gasteiger partial charge < -0.3 is 19.2 Å². The second-order valence-electron chi connectivity index (χ2n) is 4.03. The number of carbonyl (C=O) groups excluding carboxylic acids is 1. The van der Waals surface area contributed by atoms with E-state index in [2.05, 4.69) is 21.2 Å². The Balaban J connectivity index is 1.85. The van der Waals surface area contributed by atoms with E-state index in [1.807, 2.05) is 0 Å². The summed E-state index contributed by atoms with van der Waals surface area (Å²) in [4.78, 5) is 12.0. The average molecular weight is 359 g/mol. The van der Waals surface area contributed by atoms with Crippen LogP contribution >= 0.6 is 27.5 Å². The molecule has 0 radical (unpaired) electrons. The predicted octanol–water partition coefficient (Wildman–Crippen LogP) is 3.72. The first-order valence-corrected chi connectivity index (χ1v) is 6.96. The van der Waals surface area contributed by atoms with Crippen LogP contribution in [0.15, 0.2) is 33.2 Å². The minimum atomic E-state index is -0.394. The molecule has 1 aliphatic heterocycles. The number of rotatable bonds is 2. The Hall–Kier alpha value is -1.66. The average Bonchev–Trinajstić information content (AvgIpc) is 2.86. The van der Waals surface area contributed by atoms with Crippen LogP contribution in [0.4, 0.5) is 5.69 Å². The van der Waals surface area contributed by atoms with Gasteiger partial charge in [-0.1, -0.05) is 0 Å². The molecular formula is C13H9BrClNO4. The number of halogens is 2. The Bertz CT molecular complexity index is 670. The van der Waals surface area contributed by atoms with Gasteiger partial charge in [-0.15, -0.1) is 0 Å². The first-order chi connectivity index (χ1) is 9.63. The molecule has 1 aromatic heterocycles. The molecule has 1 aliphatic rings. The van der Waals surface area contributed by atoms with Crippen molar-refractivity contribution in [1.82, 2.24) is 0 Å². The zero-order chi connectivity index (χ0) is 14.1. The molecular weight excluding hydrogens is 350 g/mol. The molecule has 0 aliphatic carbocycles. The van der Waals surface area contributed by atoms with Gasteiger partial charge in [-0.05, 0) is 39.7 Å². The van der Waals surface area contributed by atoms with Gasteiger partial charge in [0.15, 0.2) is 22.5 Å². The van der Waals surface area contributed by atoms with E-state index in [-0.39, 0.29) is 11.0 Å². The molecule has 1 N–H and O–H groups in total. The van der Waals surface area contributed by atoms with Crippen molar-refractivity contribution >= 4 is 39.1 Å². The first kappa shape index (κ1) is 13.3.